The van der Waals surface area contributed by atoms with E-state index in [0.717, 1.165) is 17.5 Å². The number of carbonyl (C=O) groups is 1. The van der Waals surface area contributed by atoms with Gasteiger partial charge in [-0.05, 0) is 53.9 Å². The molecule has 0 bridgehead atoms. The number of amides is 1. The lowest BCUT2D eigenvalue weighted by Crippen LogP contribution is -2.28. The highest BCUT2D eigenvalue weighted by atomic mass is 32.2. The average molecular weight is 481 g/mol. The summed E-state index contributed by atoms with van der Waals surface area (Å²) < 4.78 is 30.8. The molecule has 1 atom stereocenters. The van der Waals surface area contributed by atoms with Crippen LogP contribution in [0.2, 0.25) is 0 Å². The number of nitrogens with one attached hydrogen (secondary N) is 2. The van der Waals surface area contributed by atoms with Gasteiger partial charge in [-0.1, -0.05) is 19.1 Å². The first-order valence-corrected chi connectivity index (χ1v) is 12.3. The summed E-state index contributed by atoms with van der Waals surface area (Å²) in [5.74, 6) is -1.06. The quantitative estimate of drug-likeness (QED) is 0.377. The summed E-state index contributed by atoms with van der Waals surface area (Å²) in [6, 6.07) is 13.7. The number of aromatic nitrogens is 2. The Labute approximate surface area is 198 Å². The van der Waals surface area contributed by atoms with Crippen LogP contribution in [0.1, 0.15) is 34.1 Å². The highest BCUT2D eigenvalue weighted by Gasteiger charge is 2.26. The molecule has 0 radical (unpaired) electrons. The highest BCUT2D eigenvalue weighted by Crippen LogP contribution is 2.35. The number of pyridine rings is 1. The van der Waals surface area contributed by atoms with E-state index >= 15 is 0 Å². The number of rotatable bonds is 7. The molecule has 0 saturated heterocycles. The number of fused-ring (bicyclic) bond motifs is 1. The van der Waals surface area contributed by atoms with E-state index in [-0.39, 0.29) is 24.3 Å². The zero-order chi connectivity index (χ0) is 24.4. The lowest BCUT2D eigenvalue weighted by atomic mass is 10.0. The van der Waals surface area contributed by atoms with Gasteiger partial charge < -0.3 is 15.3 Å². The van der Waals surface area contributed by atoms with Gasteiger partial charge in [0, 0.05) is 46.6 Å². The van der Waals surface area contributed by atoms with Gasteiger partial charge in [0.15, 0.2) is 0 Å². The summed E-state index contributed by atoms with van der Waals surface area (Å²) in [4.78, 5) is 28.8. The van der Waals surface area contributed by atoms with E-state index in [0.29, 0.717) is 27.6 Å². The summed E-state index contributed by atoms with van der Waals surface area (Å²) in [5.41, 5.74) is 8.98. The second-order valence-electron chi connectivity index (χ2n) is 7.94. The maximum atomic E-state index is 14.8. The standard InChI is InChI=1S/C25H25FN4O3S/c1-3-15-7-9-21-19(12-15)22(18-5-4-10-28-24(18)31)23(25(32)29-34(2)33)30(21)14-17-11-16(13-27)6-8-20(17)26/h4-12H,3,13-14,27H2,1-2H3,(H,28,31)(H,29,32). The van der Waals surface area contributed by atoms with E-state index in [4.69, 9.17) is 5.73 Å². The Morgan fingerprint density at radius 1 is 1.18 bits per heavy atom. The predicted octanol–water partition coefficient (Wildman–Crippen LogP) is 3.23. The van der Waals surface area contributed by atoms with Gasteiger partial charge in [-0.3, -0.25) is 14.3 Å². The third-order valence-electron chi connectivity index (χ3n) is 5.75. The summed E-state index contributed by atoms with van der Waals surface area (Å²) in [6.07, 6.45) is 3.61. The molecule has 0 spiro atoms. The number of nitrogens with two attached hydrogens (primary N) is 1. The van der Waals surface area contributed by atoms with Gasteiger partial charge in [0.2, 0.25) is 0 Å². The van der Waals surface area contributed by atoms with E-state index in [9.17, 15) is 18.2 Å². The van der Waals surface area contributed by atoms with Gasteiger partial charge in [-0.2, -0.15) is 0 Å². The van der Waals surface area contributed by atoms with Crippen LogP contribution in [0.5, 0.6) is 0 Å². The van der Waals surface area contributed by atoms with Crippen molar-refractivity contribution < 1.29 is 13.4 Å². The number of benzene rings is 2. The monoisotopic (exact) mass is 480 g/mol. The lowest BCUT2D eigenvalue weighted by molar-refractivity contribution is 0.0975. The van der Waals surface area contributed by atoms with Gasteiger partial charge in [-0.25, -0.2) is 8.60 Å². The van der Waals surface area contributed by atoms with Crippen molar-refractivity contribution in [3.63, 3.8) is 0 Å². The van der Waals surface area contributed by atoms with Crippen molar-refractivity contribution in [2.75, 3.05) is 6.26 Å². The van der Waals surface area contributed by atoms with Crippen molar-refractivity contribution in [3.8, 4) is 11.1 Å². The maximum Gasteiger partial charge on any atom is 0.280 e. The maximum absolute atomic E-state index is 14.8. The molecule has 0 aliphatic rings. The van der Waals surface area contributed by atoms with Crippen molar-refractivity contribution in [1.82, 2.24) is 14.3 Å². The van der Waals surface area contributed by atoms with Gasteiger partial charge in [-0.15, -0.1) is 0 Å². The van der Waals surface area contributed by atoms with Crippen molar-refractivity contribution in [2.24, 2.45) is 5.73 Å². The minimum Gasteiger partial charge on any atom is -0.331 e. The Morgan fingerprint density at radius 3 is 2.62 bits per heavy atom. The molecule has 34 heavy (non-hydrogen) atoms. The second kappa shape index (κ2) is 9.74. The molecule has 0 fully saturated rings. The summed E-state index contributed by atoms with van der Waals surface area (Å²) in [7, 11) is -1.65. The smallest absolute Gasteiger partial charge is 0.280 e. The largest absolute Gasteiger partial charge is 0.331 e. The normalized spacial score (nSPS) is 12.1. The van der Waals surface area contributed by atoms with Crippen LogP contribution < -0.4 is 16.0 Å². The highest BCUT2D eigenvalue weighted by molar-refractivity contribution is 7.82. The molecular formula is C25H25FN4O3S. The van der Waals surface area contributed by atoms with Gasteiger partial charge >= 0.3 is 0 Å². The van der Waals surface area contributed by atoms with Crippen LogP contribution in [-0.2, 0) is 30.5 Å². The third kappa shape index (κ3) is 4.44. The molecule has 1 unspecified atom stereocenters. The molecule has 0 aliphatic carbocycles. The van der Waals surface area contributed by atoms with Crippen LogP contribution in [-0.4, -0.2) is 25.9 Å². The number of halogens is 1. The van der Waals surface area contributed by atoms with E-state index in [1.165, 1.54) is 18.5 Å². The SMILES string of the molecule is CCc1ccc2c(c1)c(-c1ccc[nH]c1=O)c(C(=O)NS(C)=O)n2Cc1cc(CN)ccc1F. The predicted molar refractivity (Wildman–Crippen MR) is 132 cm³/mol. The van der Waals surface area contributed by atoms with E-state index < -0.39 is 22.7 Å². The lowest BCUT2D eigenvalue weighted by Gasteiger charge is -2.13. The number of nitrogens with zero attached hydrogens (tertiary/aromatic N) is 1. The molecular weight excluding hydrogens is 455 g/mol. The van der Waals surface area contributed by atoms with Crippen LogP contribution in [0.25, 0.3) is 22.0 Å². The molecule has 2 aromatic heterocycles. The van der Waals surface area contributed by atoms with Gasteiger partial charge in [0.25, 0.3) is 11.5 Å². The van der Waals surface area contributed by atoms with Crippen LogP contribution in [0.3, 0.4) is 0 Å². The van der Waals surface area contributed by atoms with Crippen molar-refractivity contribution in [2.45, 2.75) is 26.4 Å². The number of carbonyl (C=O) groups excluding carboxylic acids is 1. The van der Waals surface area contributed by atoms with Crippen LogP contribution in [0.4, 0.5) is 4.39 Å². The Bertz CT molecular complexity index is 1480. The van der Waals surface area contributed by atoms with Crippen LogP contribution in [0.15, 0.2) is 59.5 Å². The van der Waals surface area contributed by atoms with Crippen molar-refractivity contribution >= 4 is 27.8 Å². The van der Waals surface area contributed by atoms with Gasteiger partial charge in [0.1, 0.15) is 22.5 Å². The summed E-state index contributed by atoms with van der Waals surface area (Å²) in [6.45, 7) is 2.27. The molecule has 176 valence electrons. The van der Waals surface area contributed by atoms with Crippen molar-refractivity contribution in [1.29, 1.82) is 0 Å². The molecule has 4 rings (SSSR count). The molecule has 0 saturated carbocycles. The van der Waals surface area contributed by atoms with Crippen molar-refractivity contribution in [3.05, 3.63) is 93.3 Å². The minimum atomic E-state index is -1.65. The summed E-state index contributed by atoms with van der Waals surface area (Å²) >= 11 is 0. The molecule has 2 heterocycles. The Balaban J connectivity index is 2.08. The average Bonchev–Trinajstić information content (AvgIpc) is 3.13. The van der Waals surface area contributed by atoms with Crippen LogP contribution >= 0.6 is 0 Å². The van der Waals surface area contributed by atoms with E-state index in [2.05, 4.69) is 9.71 Å². The summed E-state index contributed by atoms with van der Waals surface area (Å²) in [5, 5.41) is 0.679. The Kier molecular flexibility index (Phi) is 6.76. The first-order valence-electron chi connectivity index (χ1n) is 10.8. The molecule has 4 aromatic rings. The zero-order valence-corrected chi connectivity index (χ0v) is 19.7. The van der Waals surface area contributed by atoms with E-state index in [1.807, 2.05) is 25.1 Å². The molecule has 7 nitrogen and oxygen atoms in total. The number of hydrogen-bond donors (Lipinski definition) is 3. The molecule has 4 N–H and O–H groups in total. The fourth-order valence-electron chi connectivity index (χ4n) is 4.14. The minimum absolute atomic E-state index is 0.0193. The number of aromatic amines is 1. The fourth-order valence-corrected chi connectivity index (χ4v) is 4.50. The molecule has 2 aromatic carbocycles. The van der Waals surface area contributed by atoms with Gasteiger partial charge in [0.05, 0.1) is 6.54 Å². The number of aryl methyl sites for hydroxylation is 1. The second-order valence-corrected chi connectivity index (χ2v) is 9.06. The number of H-pyrrole nitrogens is 1. The topological polar surface area (TPSA) is 110 Å². The third-order valence-corrected chi connectivity index (χ3v) is 6.22. The molecule has 9 heteroatoms. The van der Waals surface area contributed by atoms with E-state index in [1.54, 1.807) is 28.8 Å². The first kappa shape index (κ1) is 23.6. The first-order chi connectivity index (χ1) is 16.3. The fraction of sp³-hybridized carbons (Fsp3) is 0.200. The Morgan fingerprint density at radius 2 is 1.94 bits per heavy atom. The molecule has 1 amide bonds. The number of hydrogen-bond acceptors (Lipinski definition) is 4. The van der Waals surface area contributed by atoms with Crippen LogP contribution in [0, 0.1) is 5.82 Å². The Hall–Kier alpha value is -3.56. The molecule has 0 aliphatic heterocycles. The zero-order valence-electron chi connectivity index (χ0n) is 18.9.